The lowest BCUT2D eigenvalue weighted by Crippen LogP contribution is -1.96. The normalized spacial score (nSPS) is 11.3. The van der Waals surface area contributed by atoms with Crippen molar-refractivity contribution in [3.8, 4) is 0 Å². The van der Waals surface area contributed by atoms with Crippen molar-refractivity contribution in [1.29, 1.82) is 0 Å². The molecule has 0 saturated heterocycles. The van der Waals surface area contributed by atoms with E-state index in [4.69, 9.17) is 28.9 Å². The third-order valence-corrected chi connectivity index (χ3v) is 2.62. The maximum absolute atomic E-state index is 12.5. The van der Waals surface area contributed by atoms with Crippen LogP contribution in [0.1, 0.15) is 12.1 Å². The molecule has 1 aromatic carbocycles. The lowest BCUT2D eigenvalue weighted by molar-refractivity contribution is 0.146. The van der Waals surface area contributed by atoms with E-state index in [-0.39, 0.29) is 16.9 Å². The van der Waals surface area contributed by atoms with Crippen molar-refractivity contribution in [2.75, 3.05) is 5.73 Å². The summed E-state index contributed by atoms with van der Waals surface area (Å²) in [4.78, 5) is 3.76. The molecule has 0 atom stereocenters. The number of hydrogen-bond acceptors (Lipinski definition) is 2. The van der Waals surface area contributed by atoms with Gasteiger partial charge in [-0.15, -0.1) is 0 Å². The van der Waals surface area contributed by atoms with Crippen LogP contribution >= 0.6 is 23.2 Å². The second kappa shape index (κ2) is 4.03. The summed E-state index contributed by atoms with van der Waals surface area (Å²) in [6, 6.07) is 4.06. The van der Waals surface area contributed by atoms with Gasteiger partial charge in [0.15, 0.2) is 0 Å². The van der Waals surface area contributed by atoms with Crippen LogP contribution in [0.2, 0.25) is 10.0 Å². The van der Waals surface area contributed by atoms with Crippen molar-refractivity contribution in [2.45, 2.75) is 6.43 Å². The summed E-state index contributed by atoms with van der Waals surface area (Å²) in [5, 5.41) is 1.07. The Kier molecular flexibility index (Phi) is 2.86. The molecule has 0 bridgehead atoms. The maximum atomic E-state index is 12.5. The standard InChI is InChI=1S/C10H6Cl2F2N2/c11-4-1-5(12)9-6(15)3-8(10(13)14)16-7(9)2-4/h1-3,10H,(H2,15,16). The molecule has 0 amide bonds. The Morgan fingerprint density at radius 3 is 2.50 bits per heavy atom. The first kappa shape index (κ1) is 11.4. The van der Waals surface area contributed by atoms with E-state index < -0.39 is 6.43 Å². The third kappa shape index (κ3) is 1.90. The molecular weight excluding hydrogens is 257 g/mol. The van der Waals surface area contributed by atoms with Gasteiger partial charge in [-0.05, 0) is 18.2 Å². The van der Waals surface area contributed by atoms with Gasteiger partial charge >= 0.3 is 0 Å². The van der Waals surface area contributed by atoms with E-state index in [9.17, 15) is 8.78 Å². The average Bonchev–Trinajstić information content (AvgIpc) is 2.15. The summed E-state index contributed by atoms with van der Waals surface area (Å²) in [6.07, 6.45) is -2.68. The summed E-state index contributed by atoms with van der Waals surface area (Å²) in [7, 11) is 0. The first-order valence-corrected chi connectivity index (χ1v) is 5.08. The van der Waals surface area contributed by atoms with Gasteiger partial charge in [-0.25, -0.2) is 13.8 Å². The smallest absolute Gasteiger partial charge is 0.280 e. The second-order valence-electron chi connectivity index (χ2n) is 3.22. The number of aromatic nitrogens is 1. The highest BCUT2D eigenvalue weighted by Crippen LogP contribution is 2.33. The molecule has 0 saturated carbocycles. The molecule has 0 spiro atoms. The van der Waals surface area contributed by atoms with E-state index in [0.717, 1.165) is 6.07 Å². The van der Waals surface area contributed by atoms with Crippen LogP contribution in [0, 0.1) is 0 Å². The average molecular weight is 263 g/mol. The Hall–Kier alpha value is -1.13. The largest absolute Gasteiger partial charge is 0.398 e. The number of fused-ring (bicyclic) bond motifs is 1. The van der Waals surface area contributed by atoms with E-state index in [2.05, 4.69) is 4.98 Å². The molecule has 84 valence electrons. The molecule has 0 aliphatic rings. The van der Waals surface area contributed by atoms with E-state index >= 15 is 0 Å². The number of halogens is 4. The highest BCUT2D eigenvalue weighted by molar-refractivity contribution is 6.39. The van der Waals surface area contributed by atoms with Gasteiger partial charge in [0.05, 0.1) is 10.5 Å². The molecular formula is C10H6Cl2F2N2. The number of anilines is 1. The monoisotopic (exact) mass is 262 g/mol. The summed E-state index contributed by atoms with van der Waals surface area (Å²) in [5.74, 6) is 0. The molecule has 1 heterocycles. The van der Waals surface area contributed by atoms with Gasteiger partial charge in [0.25, 0.3) is 6.43 Å². The fourth-order valence-electron chi connectivity index (χ4n) is 1.45. The number of hydrogen-bond donors (Lipinski definition) is 1. The van der Waals surface area contributed by atoms with Crippen molar-refractivity contribution >= 4 is 39.8 Å². The van der Waals surface area contributed by atoms with E-state index in [1.54, 1.807) is 0 Å². The predicted octanol–water partition coefficient (Wildman–Crippen LogP) is 4.06. The molecule has 1 aromatic heterocycles. The third-order valence-electron chi connectivity index (χ3n) is 2.10. The zero-order valence-corrected chi connectivity index (χ0v) is 9.36. The molecule has 0 aliphatic heterocycles. The van der Waals surface area contributed by atoms with Gasteiger partial charge in [-0.3, -0.25) is 0 Å². The molecule has 0 unspecified atom stereocenters. The summed E-state index contributed by atoms with van der Waals surface area (Å²) >= 11 is 11.7. The van der Waals surface area contributed by atoms with Crippen molar-refractivity contribution in [3.63, 3.8) is 0 Å². The van der Waals surface area contributed by atoms with E-state index in [1.165, 1.54) is 12.1 Å². The molecule has 0 aliphatic carbocycles. The minimum atomic E-state index is -2.68. The van der Waals surface area contributed by atoms with Crippen LogP contribution in [0.15, 0.2) is 18.2 Å². The molecule has 6 heteroatoms. The summed E-state index contributed by atoms with van der Waals surface area (Å²) in [6.45, 7) is 0. The zero-order valence-electron chi connectivity index (χ0n) is 7.85. The maximum Gasteiger partial charge on any atom is 0.280 e. The first-order chi connectivity index (χ1) is 7.49. The van der Waals surface area contributed by atoms with Gasteiger partial charge in [0.1, 0.15) is 5.69 Å². The van der Waals surface area contributed by atoms with Crippen LogP contribution in [0.3, 0.4) is 0 Å². The topological polar surface area (TPSA) is 38.9 Å². The van der Waals surface area contributed by atoms with Crippen LogP contribution in [0.5, 0.6) is 0 Å². The number of rotatable bonds is 1. The Balaban J connectivity index is 2.81. The lowest BCUT2D eigenvalue weighted by Gasteiger charge is -2.07. The Morgan fingerprint density at radius 2 is 1.88 bits per heavy atom. The zero-order chi connectivity index (χ0) is 11.9. The number of alkyl halides is 2. The van der Waals surface area contributed by atoms with Gasteiger partial charge in [0, 0.05) is 16.1 Å². The van der Waals surface area contributed by atoms with Crippen LogP contribution < -0.4 is 5.73 Å². The van der Waals surface area contributed by atoms with Gasteiger partial charge < -0.3 is 5.73 Å². The SMILES string of the molecule is Nc1cc(C(F)F)nc2cc(Cl)cc(Cl)c12. The second-order valence-corrected chi connectivity index (χ2v) is 4.06. The molecule has 2 rings (SSSR count). The molecule has 2 nitrogen and oxygen atoms in total. The van der Waals surface area contributed by atoms with Gasteiger partial charge in [-0.1, -0.05) is 23.2 Å². The first-order valence-electron chi connectivity index (χ1n) is 4.32. The molecule has 2 N–H and O–H groups in total. The molecule has 0 radical (unpaired) electrons. The minimum Gasteiger partial charge on any atom is -0.398 e. The fraction of sp³-hybridized carbons (Fsp3) is 0.100. The van der Waals surface area contributed by atoms with Gasteiger partial charge in [-0.2, -0.15) is 0 Å². The Morgan fingerprint density at radius 1 is 1.19 bits per heavy atom. The summed E-state index contributed by atoms with van der Waals surface area (Å²) in [5.41, 5.74) is 5.70. The fourth-order valence-corrected chi connectivity index (χ4v) is 2.04. The molecule has 2 aromatic rings. The number of pyridine rings is 1. The van der Waals surface area contributed by atoms with Crippen molar-refractivity contribution < 1.29 is 8.78 Å². The van der Waals surface area contributed by atoms with Crippen LogP contribution in [-0.2, 0) is 0 Å². The number of nitrogens with zero attached hydrogens (tertiary/aromatic N) is 1. The number of benzene rings is 1. The quantitative estimate of drug-likeness (QED) is 0.842. The number of nitrogen functional groups attached to an aromatic ring is 1. The molecule has 16 heavy (non-hydrogen) atoms. The highest BCUT2D eigenvalue weighted by atomic mass is 35.5. The summed E-state index contributed by atoms with van der Waals surface area (Å²) < 4.78 is 25.0. The van der Waals surface area contributed by atoms with Crippen molar-refractivity contribution in [2.24, 2.45) is 0 Å². The Bertz CT molecular complexity index is 558. The van der Waals surface area contributed by atoms with E-state index in [1.807, 2.05) is 0 Å². The van der Waals surface area contributed by atoms with Gasteiger partial charge in [0.2, 0.25) is 0 Å². The lowest BCUT2D eigenvalue weighted by atomic mass is 10.1. The van der Waals surface area contributed by atoms with Crippen LogP contribution in [0.25, 0.3) is 10.9 Å². The predicted molar refractivity (Wildman–Crippen MR) is 61.1 cm³/mol. The van der Waals surface area contributed by atoms with Crippen molar-refractivity contribution in [3.05, 3.63) is 33.9 Å². The van der Waals surface area contributed by atoms with Crippen molar-refractivity contribution in [1.82, 2.24) is 4.98 Å². The van der Waals surface area contributed by atoms with Crippen LogP contribution in [0.4, 0.5) is 14.5 Å². The van der Waals surface area contributed by atoms with E-state index in [0.29, 0.717) is 15.4 Å². The highest BCUT2D eigenvalue weighted by Gasteiger charge is 2.14. The molecule has 0 fully saturated rings. The number of nitrogens with two attached hydrogens (primary N) is 1. The minimum absolute atomic E-state index is 0.168. The van der Waals surface area contributed by atoms with Crippen LogP contribution in [-0.4, -0.2) is 4.98 Å². The Labute approximate surface area is 100.0 Å².